The minimum atomic E-state index is 0.774. The van der Waals surface area contributed by atoms with E-state index in [2.05, 4.69) is 30.8 Å². The fraction of sp³-hybridized carbons (Fsp3) is 0. The van der Waals surface area contributed by atoms with Crippen LogP contribution in [0.3, 0.4) is 0 Å². The van der Waals surface area contributed by atoms with E-state index in [0.29, 0.717) is 0 Å². The second-order valence-electron chi connectivity index (χ2n) is 1.88. The van der Waals surface area contributed by atoms with E-state index in [9.17, 15) is 0 Å². The number of nitrogens with zero attached hydrogens (tertiary/aromatic N) is 3. The van der Waals surface area contributed by atoms with E-state index in [1.54, 1.807) is 6.20 Å². The normalized spacial score (nSPS) is 13.8. The molecular formula is C6H3N3Se. The zero-order valence-corrected chi connectivity index (χ0v) is 6.70. The Labute approximate surface area is 65.6 Å². The Kier molecular flexibility index (Phi) is 1.22. The zero-order chi connectivity index (χ0) is 6.97. The molecule has 3 nitrogen and oxygen atoms in total. The summed E-state index contributed by atoms with van der Waals surface area (Å²) in [7, 11) is 0. The number of pyridine rings is 1. The van der Waals surface area contributed by atoms with Gasteiger partial charge in [-0.05, 0) is 0 Å². The van der Waals surface area contributed by atoms with Gasteiger partial charge in [0.25, 0.3) is 0 Å². The van der Waals surface area contributed by atoms with E-state index in [1.165, 1.54) is 0 Å². The summed E-state index contributed by atoms with van der Waals surface area (Å²) >= 11 is 2.79. The Morgan fingerprint density at radius 2 is 2.20 bits per heavy atom. The third-order valence-corrected chi connectivity index (χ3v) is 1.81. The van der Waals surface area contributed by atoms with Crippen molar-refractivity contribution in [1.82, 2.24) is 4.98 Å². The molecule has 2 rings (SSSR count). The minimum absolute atomic E-state index is 0.774. The van der Waals surface area contributed by atoms with E-state index in [-0.39, 0.29) is 0 Å². The Morgan fingerprint density at radius 1 is 1.30 bits per heavy atom. The second-order valence-corrected chi connectivity index (χ2v) is 2.69. The molecule has 0 unspecified atom stereocenters. The van der Waals surface area contributed by atoms with Gasteiger partial charge in [-0.1, -0.05) is 0 Å². The molecule has 2 heterocycles. The summed E-state index contributed by atoms with van der Waals surface area (Å²) in [6, 6.07) is 3.73. The molecule has 1 aliphatic rings. The first kappa shape index (κ1) is 5.89. The molecule has 0 N–H and O–H groups in total. The van der Waals surface area contributed by atoms with Crippen LogP contribution in [0, 0.1) is 0 Å². The van der Waals surface area contributed by atoms with Crippen LogP contribution in [0.1, 0.15) is 5.69 Å². The van der Waals surface area contributed by atoms with Gasteiger partial charge in [0.1, 0.15) is 0 Å². The average molecular weight is 196 g/mol. The van der Waals surface area contributed by atoms with Gasteiger partial charge >= 0.3 is 65.0 Å². The van der Waals surface area contributed by atoms with Crippen molar-refractivity contribution in [3.05, 3.63) is 24.0 Å². The molecular weight excluding hydrogens is 193 g/mol. The first-order chi connectivity index (χ1) is 4.88. The van der Waals surface area contributed by atoms with Crippen LogP contribution in [0.15, 0.2) is 28.6 Å². The molecule has 48 valence electrons. The topological polar surface area (TPSA) is 37.6 Å². The van der Waals surface area contributed by atoms with Gasteiger partial charge in [-0.3, -0.25) is 0 Å². The Balaban J connectivity index is 2.70. The quantitative estimate of drug-likeness (QED) is 0.566. The van der Waals surface area contributed by atoms with E-state index in [1.807, 2.05) is 12.1 Å². The molecule has 0 spiro atoms. The number of hydrogen-bond acceptors (Lipinski definition) is 3. The predicted octanol–water partition coefficient (Wildman–Crippen LogP) is 0.825. The Morgan fingerprint density at radius 3 is 3.00 bits per heavy atom. The SMILES string of the molecule is [Se]=C1N=Nc2cccnc21. The van der Waals surface area contributed by atoms with E-state index in [4.69, 9.17) is 0 Å². The maximum atomic E-state index is 4.08. The molecule has 0 amide bonds. The van der Waals surface area contributed by atoms with Crippen molar-refractivity contribution < 1.29 is 0 Å². The Hall–Kier alpha value is -0.861. The van der Waals surface area contributed by atoms with Crippen LogP contribution in [0.2, 0.25) is 0 Å². The van der Waals surface area contributed by atoms with Gasteiger partial charge in [-0.2, -0.15) is 0 Å². The molecule has 0 bridgehead atoms. The van der Waals surface area contributed by atoms with Crippen LogP contribution in [0.25, 0.3) is 0 Å². The fourth-order valence-electron chi connectivity index (χ4n) is 0.789. The van der Waals surface area contributed by atoms with Crippen molar-refractivity contribution in [2.75, 3.05) is 0 Å². The summed E-state index contributed by atoms with van der Waals surface area (Å²) in [5, 5.41) is 7.70. The third kappa shape index (κ3) is 0.735. The summed E-state index contributed by atoms with van der Waals surface area (Å²) in [4.78, 5) is 4.08. The van der Waals surface area contributed by atoms with E-state index < -0.39 is 0 Å². The summed E-state index contributed by atoms with van der Waals surface area (Å²) in [5.74, 6) is 0. The molecule has 0 saturated heterocycles. The van der Waals surface area contributed by atoms with Crippen LogP contribution in [0.4, 0.5) is 5.69 Å². The monoisotopic (exact) mass is 197 g/mol. The van der Waals surface area contributed by atoms with Crippen molar-refractivity contribution >= 4 is 25.8 Å². The van der Waals surface area contributed by atoms with Gasteiger partial charge in [0.15, 0.2) is 0 Å². The van der Waals surface area contributed by atoms with Gasteiger partial charge < -0.3 is 0 Å². The van der Waals surface area contributed by atoms with Crippen molar-refractivity contribution in [1.29, 1.82) is 0 Å². The number of aromatic nitrogens is 1. The predicted molar refractivity (Wildman–Crippen MR) is 38.6 cm³/mol. The van der Waals surface area contributed by atoms with Gasteiger partial charge in [0.2, 0.25) is 0 Å². The molecule has 0 atom stereocenters. The fourth-order valence-corrected chi connectivity index (χ4v) is 1.20. The summed E-state index contributed by atoms with van der Waals surface area (Å²) < 4.78 is 0.774. The van der Waals surface area contributed by atoms with E-state index >= 15 is 0 Å². The molecule has 1 aromatic rings. The average Bonchev–Trinajstić information content (AvgIpc) is 2.34. The van der Waals surface area contributed by atoms with E-state index in [0.717, 1.165) is 15.9 Å². The van der Waals surface area contributed by atoms with Crippen molar-refractivity contribution in [2.45, 2.75) is 0 Å². The number of azo groups is 1. The molecule has 0 radical (unpaired) electrons. The molecule has 1 aliphatic heterocycles. The second kappa shape index (κ2) is 2.08. The molecule has 1 aromatic heterocycles. The Bertz CT molecular complexity index is 319. The summed E-state index contributed by atoms with van der Waals surface area (Å²) in [5.41, 5.74) is 1.69. The molecule has 0 aromatic carbocycles. The van der Waals surface area contributed by atoms with Crippen LogP contribution < -0.4 is 0 Å². The van der Waals surface area contributed by atoms with Crippen molar-refractivity contribution in [3.63, 3.8) is 0 Å². The van der Waals surface area contributed by atoms with Crippen LogP contribution >= 0.6 is 0 Å². The molecule has 0 aliphatic carbocycles. The number of fused-ring (bicyclic) bond motifs is 1. The molecule has 0 fully saturated rings. The number of rotatable bonds is 0. The van der Waals surface area contributed by atoms with Gasteiger partial charge in [0, 0.05) is 0 Å². The van der Waals surface area contributed by atoms with Gasteiger partial charge in [-0.25, -0.2) is 0 Å². The standard InChI is InChI=1S/C6H3N3Se/c10-6-5-4(8-9-6)2-1-3-7-5/h1-3H. The van der Waals surface area contributed by atoms with Gasteiger partial charge in [0.05, 0.1) is 0 Å². The first-order valence-corrected chi connectivity index (χ1v) is 3.65. The summed E-state index contributed by atoms with van der Waals surface area (Å²) in [6.07, 6.45) is 1.73. The van der Waals surface area contributed by atoms with Crippen LogP contribution in [0.5, 0.6) is 0 Å². The molecule has 0 saturated carbocycles. The van der Waals surface area contributed by atoms with Crippen molar-refractivity contribution in [3.8, 4) is 0 Å². The molecule has 4 heteroatoms. The van der Waals surface area contributed by atoms with Crippen LogP contribution in [-0.4, -0.2) is 25.1 Å². The maximum absolute atomic E-state index is 4.08. The zero-order valence-electron chi connectivity index (χ0n) is 4.98. The number of hydrogen-bond donors (Lipinski definition) is 0. The molecule has 10 heavy (non-hydrogen) atoms. The summed E-state index contributed by atoms with van der Waals surface area (Å²) in [6.45, 7) is 0. The van der Waals surface area contributed by atoms with Crippen LogP contribution in [-0.2, 0) is 0 Å². The van der Waals surface area contributed by atoms with Gasteiger partial charge in [-0.15, -0.1) is 0 Å². The van der Waals surface area contributed by atoms with Crippen molar-refractivity contribution in [2.24, 2.45) is 10.2 Å². The third-order valence-electron chi connectivity index (χ3n) is 1.24. The first-order valence-electron chi connectivity index (χ1n) is 2.79.